The normalized spacial score (nSPS) is 13.8. The highest BCUT2D eigenvalue weighted by Crippen LogP contribution is 2.30. The molecule has 0 saturated heterocycles. The lowest BCUT2D eigenvalue weighted by molar-refractivity contribution is -0.139. The van der Waals surface area contributed by atoms with E-state index in [2.05, 4.69) is 0 Å². The zero-order valence-corrected chi connectivity index (χ0v) is 10.5. The van der Waals surface area contributed by atoms with E-state index in [1.165, 1.54) is 0 Å². The Balaban J connectivity index is 2.21. The molecule has 5 heteroatoms. The molecule has 1 aromatic carbocycles. The number of thioether (sulfide) groups is 1. The van der Waals surface area contributed by atoms with Crippen molar-refractivity contribution >= 4 is 29.3 Å². The van der Waals surface area contributed by atoms with Gasteiger partial charge in [0, 0.05) is 10.5 Å². The SMILES string of the molecule is O=C(O)CC(=O)C(=O)c1ccc2c(c1)CCCS2. The fourth-order valence-electron chi connectivity index (χ4n) is 1.88. The molecule has 1 aromatic rings. The van der Waals surface area contributed by atoms with Crippen LogP contribution >= 0.6 is 11.8 Å². The second-order valence-corrected chi connectivity index (χ2v) is 5.23. The molecule has 0 aliphatic carbocycles. The van der Waals surface area contributed by atoms with Crippen molar-refractivity contribution in [1.82, 2.24) is 0 Å². The first-order valence-corrected chi connectivity index (χ1v) is 6.61. The van der Waals surface area contributed by atoms with Crippen LogP contribution in [0.1, 0.15) is 28.8 Å². The molecule has 0 atom stereocenters. The van der Waals surface area contributed by atoms with Crippen LogP contribution in [0.15, 0.2) is 23.1 Å². The van der Waals surface area contributed by atoms with Gasteiger partial charge in [-0.15, -0.1) is 11.8 Å². The second-order valence-electron chi connectivity index (χ2n) is 4.10. The largest absolute Gasteiger partial charge is 0.481 e. The van der Waals surface area contributed by atoms with Crippen molar-refractivity contribution in [3.8, 4) is 0 Å². The number of carboxylic acids is 1. The van der Waals surface area contributed by atoms with Gasteiger partial charge < -0.3 is 5.11 Å². The van der Waals surface area contributed by atoms with Crippen LogP contribution in [0.5, 0.6) is 0 Å². The molecule has 1 aliphatic heterocycles. The summed E-state index contributed by atoms with van der Waals surface area (Å²) < 4.78 is 0. The highest BCUT2D eigenvalue weighted by atomic mass is 32.2. The van der Waals surface area contributed by atoms with E-state index in [9.17, 15) is 14.4 Å². The fraction of sp³-hybridized carbons (Fsp3) is 0.308. The van der Waals surface area contributed by atoms with Gasteiger partial charge in [0.05, 0.1) is 0 Å². The third-order valence-electron chi connectivity index (χ3n) is 2.74. The zero-order valence-electron chi connectivity index (χ0n) is 9.64. The maximum atomic E-state index is 11.7. The van der Waals surface area contributed by atoms with E-state index in [4.69, 9.17) is 5.11 Å². The lowest BCUT2D eigenvalue weighted by Gasteiger charge is -2.15. The van der Waals surface area contributed by atoms with Gasteiger partial charge >= 0.3 is 5.97 Å². The van der Waals surface area contributed by atoms with Crippen LogP contribution in [0.2, 0.25) is 0 Å². The summed E-state index contributed by atoms with van der Waals surface area (Å²) in [5.74, 6) is -1.79. The lowest BCUT2D eigenvalue weighted by atomic mass is 10.0. The minimum Gasteiger partial charge on any atom is -0.481 e. The molecular weight excluding hydrogens is 252 g/mol. The molecule has 0 radical (unpaired) electrons. The van der Waals surface area contributed by atoms with E-state index in [0.717, 1.165) is 29.1 Å². The number of carboxylic acid groups (broad SMARTS) is 1. The molecule has 1 aliphatic rings. The number of benzene rings is 1. The fourth-order valence-corrected chi connectivity index (χ4v) is 2.90. The Kier molecular flexibility index (Phi) is 3.81. The van der Waals surface area contributed by atoms with Crippen LogP contribution in [0.3, 0.4) is 0 Å². The molecule has 0 fully saturated rings. The number of fused-ring (bicyclic) bond motifs is 1. The van der Waals surface area contributed by atoms with Crippen molar-refractivity contribution in [2.45, 2.75) is 24.2 Å². The lowest BCUT2D eigenvalue weighted by Crippen LogP contribution is -2.18. The molecule has 1 heterocycles. The summed E-state index contributed by atoms with van der Waals surface area (Å²) in [7, 11) is 0. The number of hydrogen-bond acceptors (Lipinski definition) is 4. The number of carbonyl (C=O) groups excluding carboxylic acids is 2. The smallest absolute Gasteiger partial charge is 0.311 e. The Labute approximate surface area is 108 Å². The summed E-state index contributed by atoms with van der Waals surface area (Å²) >= 11 is 1.74. The van der Waals surface area contributed by atoms with E-state index in [1.54, 1.807) is 23.9 Å². The number of aliphatic carboxylic acids is 1. The molecule has 2 rings (SSSR count). The standard InChI is InChI=1S/C13H12O4S/c14-10(7-12(15)16)13(17)9-3-4-11-8(6-9)2-1-5-18-11/h3-4,6H,1-2,5,7H2,(H,15,16). The third-order valence-corrected chi connectivity index (χ3v) is 3.94. The first kappa shape index (κ1) is 12.8. The van der Waals surface area contributed by atoms with Crippen molar-refractivity contribution in [1.29, 1.82) is 0 Å². The maximum absolute atomic E-state index is 11.7. The molecule has 0 aromatic heterocycles. The van der Waals surface area contributed by atoms with Crippen molar-refractivity contribution < 1.29 is 19.5 Å². The summed E-state index contributed by atoms with van der Waals surface area (Å²) in [4.78, 5) is 34.7. The minimum absolute atomic E-state index is 0.294. The number of carbonyl (C=O) groups is 3. The molecule has 4 nitrogen and oxygen atoms in total. The molecule has 18 heavy (non-hydrogen) atoms. The summed E-state index contributed by atoms with van der Waals surface area (Å²) in [6.07, 6.45) is 1.21. The highest BCUT2D eigenvalue weighted by molar-refractivity contribution is 7.99. The highest BCUT2D eigenvalue weighted by Gasteiger charge is 2.20. The van der Waals surface area contributed by atoms with Crippen LogP contribution in [-0.2, 0) is 16.0 Å². The summed E-state index contributed by atoms with van der Waals surface area (Å²) in [6.45, 7) is 0. The first-order chi connectivity index (χ1) is 8.58. The molecule has 0 amide bonds. The molecule has 0 unspecified atom stereocenters. The first-order valence-electron chi connectivity index (χ1n) is 5.63. The molecule has 0 bridgehead atoms. The van der Waals surface area contributed by atoms with Crippen LogP contribution in [0.4, 0.5) is 0 Å². The van der Waals surface area contributed by atoms with Gasteiger partial charge in [0.2, 0.25) is 11.6 Å². The van der Waals surface area contributed by atoms with Crippen LogP contribution in [-0.4, -0.2) is 28.4 Å². The van der Waals surface area contributed by atoms with Gasteiger partial charge in [-0.2, -0.15) is 0 Å². The Morgan fingerprint density at radius 3 is 2.78 bits per heavy atom. The molecular formula is C13H12O4S. The minimum atomic E-state index is -1.28. The van der Waals surface area contributed by atoms with E-state index >= 15 is 0 Å². The summed E-state index contributed by atoms with van der Waals surface area (Å²) in [5, 5.41) is 8.50. The van der Waals surface area contributed by atoms with E-state index in [-0.39, 0.29) is 0 Å². The average Bonchev–Trinajstić information content (AvgIpc) is 2.36. The van der Waals surface area contributed by atoms with Crippen LogP contribution in [0.25, 0.3) is 0 Å². The van der Waals surface area contributed by atoms with Crippen molar-refractivity contribution in [2.75, 3.05) is 5.75 Å². The van der Waals surface area contributed by atoms with Crippen molar-refractivity contribution in [3.05, 3.63) is 29.3 Å². The predicted molar refractivity (Wildman–Crippen MR) is 67.1 cm³/mol. The quantitative estimate of drug-likeness (QED) is 0.511. The number of hydrogen-bond donors (Lipinski definition) is 1. The Hall–Kier alpha value is -1.62. The number of Topliss-reactive ketones (excluding diaryl/α,β-unsaturated/α-hetero) is 2. The van der Waals surface area contributed by atoms with Gasteiger partial charge in [-0.3, -0.25) is 14.4 Å². The van der Waals surface area contributed by atoms with Gasteiger partial charge in [0.1, 0.15) is 6.42 Å². The Morgan fingerprint density at radius 2 is 2.06 bits per heavy atom. The van der Waals surface area contributed by atoms with Gasteiger partial charge in [0.15, 0.2) is 0 Å². The molecule has 0 saturated carbocycles. The van der Waals surface area contributed by atoms with Gasteiger partial charge in [-0.1, -0.05) is 0 Å². The predicted octanol–water partition coefficient (Wildman–Crippen LogP) is 1.95. The Bertz CT molecular complexity index is 522. The van der Waals surface area contributed by atoms with Crippen LogP contribution in [0, 0.1) is 0 Å². The average molecular weight is 264 g/mol. The Morgan fingerprint density at radius 1 is 1.28 bits per heavy atom. The van der Waals surface area contributed by atoms with E-state index in [0.29, 0.717) is 5.56 Å². The number of rotatable bonds is 4. The van der Waals surface area contributed by atoms with E-state index < -0.39 is 24.0 Å². The van der Waals surface area contributed by atoms with Gasteiger partial charge in [-0.05, 0) is 42.4 Å². The maximum Gasteiger partial charge on any atom is 0.311 e. The summed E-state index contributed by atoms with van der Waals surface area (Å²) in [6, 6.07) is 5.14. The van der Waals surface area contributed by atoms with E-state index in [1.807, 2.05) is 6.07 Å². The summed E-state index contributed by atoms with van der Waals surface area (Å²) in [5.41, 5.74) is 1.36. The second kappa shape index (κ2) is 5.35. The zero-order chi connectivity index (χ0) is 13.1. The van der Waals surface area contributed by atoms with Gasteiger partial charge in [0.25, 0.3) is 0 Å². The molecule has 94 valence electrons. The van der Waals surface area contributed by atoms with Crippen molar-refractivity contribution in [2.24, 2.45) is 0 Å². The monoisotopic (exact) mass is 264 g/mol. The molecule has 1 N–H and O–H groups in total. The molecule has 0 spiro atoms. The van der Waals surface area contributed by atoms with Crippen molar-refractivity contribution in [3.63, 3.8) is 0 Å². The topological polar surface area (TPSA) is 71.4 Å². The number of ketones is 2. The van der Waals surface area contributed by atoms with Crippen LogP contribution < -0.4 is 0 Å². The number of aryl methyl sites for hydroxylation is 1. The third kappa shape index (κ3) is 2.79. The van der Waals surface area contributed by atoms with Gasteiger partial charge in [-0.25, -0.2) is 0 Å².